The van der Waals surface area contributed by atoms with E-state index in [1.807, 2.05) is 58.0 Å². The van der Waals surface area contributed by atoms with Crippen molar-refractivity contribution >= 4 is 68.7 Å². The number of benzene rings is 6. The quantitative estimate of drug-likeness (QED) is 0.0491. The van der Waals surface area contributed by atoms with Crippen LogP contribution in [-0.2, 0) is 53.4 Å². The van der Waals surface area contributed by atoms with Crippen molar-refractivity contribution in [2.45, 2.75) is 86.0 Å². The Hall–Kier alpha value is -8.81. The molecule has 104 heavy (non-hydrogen) atoms. The van der Waals surface area contributed by atoms with E-state index in [1.165, 1.54) is 85.2 Å². The number of amides is 3. The second-order valence-corrected chi connectivity index (χ2v) is 29.1. The minimum atomic E-state index is -0.210. The summed E-state index contributed by atoms with van der Waals surface area (Å²) in [5.41, 5.74) is 15.2. The highest BCUT2D eigenvalue weighted by atomic mass is 19.1. The summed E-state index contributed by atoms with van der Waals surface area (Å²) in [6.07, 6.45) is 14.8. The molecule has 0 aliphatic carbocycles. The van der Waals surface area contributed by atoms with Gasteiger partial charge in [-0.15, -0.1) is 0 Å². The minimum Gasteiger partial charge on any atom is -0.344 e. The summed E-state index contributed by atoms with van der Waals surface area (Å²) >= 11 is 0. The van der Waals surface area contributed by atoms with E-state index >= 15 is 0 Å². The van der Waals surface area contributed by atoms with Crippen LogP contribution in [0.25, 0.3) is 50.9 Å². The van der Waals surface area contributed by atoms with Gasteiger partial charge in [0, 0.05) is 202 Å². The SMILES string of the molecule is C/C(=C\c1c(C)n(CCCN(C)C)c2ccccc12)C(=O)N1CCN(CCc2ccccc2)CC1.Cc1c(/C=C/C(=O)N2CCN(CCc3ccc(F)cc3)CC2)c2ccccc2n1CCCN(C)C.Cc1c(/C=C/C(=O)N2CCN(Cc3ccc(F)cc3)CC2)c2ccccc2n1CCCN(C)C. The summed E-state index contributed by atoms with van der Waals surface area (Å²) in [5, 5.41) is 3.62. The number of carbonyl (C=O) groups is 3. The van der Waals surface area contributed by atoms with Gasteiger partial charge in [0.2, 0.25) is 17.7 Å². The van der Waals surface area contributed by atoms with Gasteiger partial charge in [-0.1, -0.05) is 109 Å². The molecule has 3 aromatic heterocycles. The van der Waals surface area contributed by atoms with Crippen molar-refractivity contribution in [2.24, 2.45) is 0 Å². The molecule has 3 fully saturated rings. The lowest BCUT2D eigenvalue weighted by atomic mass is 10.1. The molecule has 0 radical (unpaired) electrons. The minimum absolute atomic E-state index is 0.0604. The smallest absolute Gasteiger partial charge is 0.249 e. The average Bonchev–Trinajstić information content (AvgIpc) is 1.64. The summed E-state index contributed by atoms with van der Waals surface area (Å²) < 4.78 is 33.4. The third-order valence-corrected chi connectivity index (χ3v) is 20.8. The normalized spacial score (nSPS) is 15.2. The molecule has 0 atom stereocenters. The van der Waals surface area contributed by atoms with Crippen LogP contribution in [0.3, 0.4) is 0 Å². The van der Waals surface area contributed by atoms with Crippen LogP contribution in [-0.4, -0.2) is 229 Å². The van der Waals surface area contributed by atoms with E-state index in [0.29, 0.717) is 13.1 Å². The molecule has 3 saturated heterocycles. The van der Waals surface area contributed by atoms with Gasteiger partial charge in [-0.05, 0) is 199 Å². The second-order valence-electron chi connectivity index (χ2n) is 29.1. The number of para-hydroxylation sites is 3. The molecule has 3 amide bonds. The molecule has 6 heterocycles. The Morgan fingerprint density at radius 2 is 0.721 bits per heavy atom. The zero-order chi connectivity index (χ0) is 73.7. The highest BCUT2D eigenvalue weighted by Gasteiger charge is 2.25. The summed E-state index contributed by atoms with van der Waals surface area (Å²) in [6, 6.07) is 49.5. The van der Waals surface area contributed by atoms with Gasteiger partial charge in [0.25, 0.3) is 0 Å². The van der Waals surface area contributed by atoms with Crippen molar-refractivity contribution in [3.05, 3.63) is 231 Å². The van der Waals surface area contributed by atoms with Crippen molar-refractivity contribution < 1.29 is 23.2 Å². The molecule has 0 unspecified atom stereocenters. The molecule has 0 bridgehead atoms. The highest BCUT2D eigenvalue weighted by Crippen LogP contribution is 2.31. The first-order chi connectivity index (χ1) is 50.3. The third kappa shape index (κ3) is 21.4. The molecule has 0 spiro atoms. The van der Waals surface area contributed by atoms with Crippen LogP contribution in [0, 0.1) is 32.4 Å². The number of hydrogen-bond donors (Lipinski definition) is 0. The van der Waals surface area contributed by atoms with E-state index in [1.54, 1.807) is 12.2 Å². The van der Waals surface area contributed by atoms with Gasteiger partial charge >= 0.3 is 0 Å². The van der Waals surface area contributed by atoms with Gasteiger partial charge in [-0.25, -0.2) is 8.78 Å². The van der Waals surface area contributed by atoms with E-state index < -0.39 is 0 Å². The van der Waals surface area contributed by atoms with Crippen molar-refractivity contribution in [2.75, 3.05) is 154 Å². The van der Waals surface area contributed by atoms with Crippen LogP contribution >= 0.6 is 0 Å². The molecule has 6 aromatic carbocycles. The summed E-state index contributed by atoms with van der Waals surface area (Å²) in [7, 11) is 12.6. The Balaban J connectivity index is 0.000000167. The fourth-order valence-electron chi connectivity index (χ4n) is 14.7. The molecule has 15 nitrogen and oxygen atoms in total. The number of halogens is 2. The monoisotopic (exact) mass is 1410 g/mol. The van der Waals surface area contributed by atoms with Gasteiger partial charge in [0.1, 0.15) is 11.6 Å². The van der Waals surface area contributed by atoms with Gasteiger partial charge in [-0.3, -0.25) is 29.1 Å². The molecular weight excluding hydrogens is 1300 g/mol. The Bertz CT molecular complexity index is 4330. The topological polar surface area (TPSA) is 95.2 Å². The Kier molecular flexibility index (Phi) is 28.6. The fourth-order valence-corrected chi connectivity index (χ4v) is 14.7. The Labute approximate surface area is 617 Å². The Morgan fingerprint density at radius 1 is 0.385 bits per heavy atom. The van der Waals surface area contributed by atoms with Crippen LogP contribution in [0.1, 0.15) is 76.6 Å². The summed E-state index contributed by atoms with van der Waals surface area (Å²) in [6.45, 7) is 27.0. The lowest BCUT2D eigenvalue weighted by molar-refractivity contribution is -0.129. The molecule has 9 aromatic rings. The van der Waals surface area contributed by atoms with E-state index in [0.717, 1.165) is 184 Å². The van der Waals surface area contributed by atoms with Gasteiger partial charge in [-0.2, -0.15) is 0 Å². The number of hydrogen-bond acceptors (Lipinski definition) is 9. The average molecular weight is 1410 g/mol. The molecule has 17 heteroatoms. The number of aromatic nitrogens is 3. The molecule has 0 N–H and O–H groups in total. The Morgan fingerprint density at radius 3 is 1.12 bits per heavy atom. The van der Waals surface area contributed by atoms with E-state index in [-0.39, 0.29) is 29.4 Å². The molecule has 12 rings (SSSR count). The first kappa shape index (κ1) is 77.8. The van der Waals surface area contributed by atoms with Crippen LogP contribution in [0.5, 0.6) is 0 Å². The van der Waals surface area contributed by atoms with Gasteiger partial charge < -0.3 is 43.1 Å². The third-order valence-electron chi connectivity index (χ3n) is 20.8. The molecule has 552 valence electrons. The lowest BCUT2D eigenvalue weighted by Gasteiger charge is -2.35. The maximum Gasteiger partial charge on any atom is 0.249 e. The number of piperazine rings is 3. The molecule has 0 saturated carbocycles. The fraction of sp³-hybridized carbons (Fsp3) is 0.414. The maximum absolute atomic E-state index is 13.3. The van der Waals surface area contributed by atoms with Crippen LogP contribution < -0.4 is 0 Å². The predicted octanol–water partition coefficient (Wildman–Crippen LogP) is 13.5. The lowest BCUT2D eigenvalue weighted by Crippen LogP contribution is -2.49. The first-order valence-electron chi connectivity index (χ1n) is 37.6. The number of fused-ring (bicyclic) bond motifs is 3. The first-order valence-corrected chi connectivity index (χ1v) is 37.6. The van der Waals surface area contributed by atoms with E-state index in [9.17, 15) is 23.2 Å². The number of nitrogens with zero attached hydrogens (tertiary/aromatic N) is 12. The van der Waals surface area contributed by atoms with Crippen LogP contribution in [0.2, 0.25) is 0 Å². The number of carbonyl (C=O) groups excluding carboxylic acids is 3. The largest absolute Gasteiger partial charge is 0.344 e. The highest BCUT2D eigenvalue weighted by molar-refractivity contribution is 6.02. The zero-order valence-electron chi connectivity index (χ0n) is 63.6. The van der Waals surface area contributed by atoms with E-state index in [2.05, 4.69) is 215 Å². The summed E-state index contributed by atoms with van der Waals surface area (Å²) in [4.78, 5) is 58.9. The molecular formula is C87H112F2N12O3. The molecule has 3 aliphatic heterocycles. The summed E-state index contributed by atoms with van der Waals surface area (Å²) in [5.74, 6) is -0.107. The number of aryl methyl sites for hydroxylation is 3. The molecule has 3 aliphatic rings. The van der Waals surface area contributed by atoms with Crippen molar-refractivity contribution in [3.63, 3.8) is 0 Å². The second kappa shape index (κ2) is 38.3. The van der Waals surface area contributed by atoms with Crippen LogP contribution in [0.15, 0.2) is 169 Å². The zero-order valence-corrected chi connectivity index (χ0v) is 63.6. The standard InChI is InChI=1S/C30H40N4O.C29H37FN4O.C28H35FN4O/c1-24(30(35)33-21-19-32(20-22-33)18-15-26-11-6-5-7-12-26)23-28-25(2)34(17-10-16-31(3)4)29-14-9-8-13-27(28)29;1-23-26(27-7-4-5-8-28(27)34(23)17-6-16-31(2)3)13-14-29(35)33-21-19-32(20-22-33)18-15-24-9-11-25(30)12-10-24;1-22-25(26-7-4-5-8-27(26)33(22)16-6-15-30(2)3)13-14-28(34)32-19-17-31(18-20-32)21-23-9-11-24(29)12-10-23/h5-9,11-14,23H,10,15-22H2,1-4H3;4-5,7-14H,6,15-22H2,1-3H3;4-5,7-14H,6,15-21H2,1-3H3/b24-23+;2*14-13+. The van der Waals surface area contributed by atoms with Crippen molar-refractivity contribution in [3.8, 4) is 0 Å². The number of rotatable bonds is 26. The van der Waals surface area contributed by atoms with Crippen LogP contribution in [0.4, 0.5) is 8.78 Å². The predicted molar refractivity (Wildman–Crippen MR) is 426 cm³/mol. The van der Waals surface area contributed by atoms with E-state index in [4.69, 9.17) is 0 Å². The van der Waals surface area contributed by atoms with Gasteiger partial charge in [0.05, 0.1) is 0 Å². The van der Waals surface area contributed by atoms with Crippen molar-refractivity contribution in [1.29, 1.82) is 0 Å². The van der Waals surface area contributed by atoms with Crippen molar-refractivity contribution in [1.82, 2.24) is 57.8 Å². The van der Waals surface area contributed by atoms with Gasteiger partial charge in [0.15, 0.2) is 0 Å². The maximum atomic E-state index is 13.3.